The fraction of sp³-hybridized carbons (Fsp3) is 0.308. The molecule has 0 aliphatic heterocycles. The molecule has 16 heavy (non-hydrogen) atoms. The average molecular weight is 217 g/mol. The average Bonchev–Trinajstić information content (AvgIpc) is 2.28. The zero-order chi connectivity index (χ0) is 12.0. The van der Waals surface area contributed by atoms with Gasteiger partial charge in [0, 0.05) is 6.04 Å². The van der Waals surface area contributed by atoms with E-state index < -0.39 is 5.97 Å². The van der Waals surface area contributed by atoms with Crippen LogP contribution in [0.15, 0.2) is 30.3 Å². The van der Waals surface area contributed by atoms with Gasteiger partial charge in [-0.25, -0.2) is 0 Å². The lowest BCUT2D eigenvalue weighted by Crippen LogP contribution is -2.32. The van der Waals surface area contributed by atoms with Crippen molar-refractivity contribution >= 4 is 5.97 Å². The Hall–Kier alpha value is -1.79. The van der Waals surface area contributed by atoms with Gasteiger partial charge in [0.15, 0.2) is 0 Å². The van der Waals surface area contributed by atoms with Crippen molar-refractivity contribution in [2.24, 2.45) is 0 Å². The number of rotatable bonds is 5. The van der Waals surface area contributed by atoms with Crippen LogP contribution in [0, 0.1) is 12.3 Å². The van der Waals surface area contributed by atoms with Gasteiger partial charge in [-0.1, -0.05) is 36.3 Å². The first-order chi connectivity index (χ1) is 7.65. The second kappa shape index (κ2) is 5.94. The van der Waals surface area contributed by atoms with Crippen LogP contribution in [0.3, 0.4) is 0 Å². The van der Waals surface area contributed by atoms with Crippen LogP contribution in [0.2, 0.25) is 0 Å². The maximum absolute atomic E-state index is 10.7. The van der Waals surface area contributed by atoms with Gasteiger partial charge in [-0.3, -0.25) is 9.69 Å². The summed E-state index contributed by atoms with van der Waals surface area (Å²) >= 11 is 0. The maximum Gasteiger partial charge on any atom is 0.317 e. The van der Waals surface area contributed by atoms with Crippen LogP contribution in [0.1, 0.15) is 18.5 Å². The highest BCUT2D eigenvalue weighted by atomic mass is 16.4. The quantitative estimate of drug-likeness (QED) is 0.764. The molecule has 0 heterocycles. The van der Waals surface area contributed by atoms with Crippen molar-refractivity contribution in [1.82, 2.24) is 4.90 Å². The van der Waals surface area contributed by atoms with Gasteiger partial charge in [0.1, 0.15) is 0 Å². The van der Waals surface area contributed by atoms with Gasteiger partial charge < -0.3 is 5.11 Å². The molecule has 1 unspecified atom stereocenters. The Labute approximate surface area is 95.7 Å². The first kappa shape index (κ1) is 12.3. The lowest BCUT2D eigenvalue weighted by molar-refractivity contribution is -0.138. The molecule has 1 atom stereocenters. The lowest BCUT2D eigenvalue weighted by Gasteiger charge is -2.25. The molecule has 0 aliphatic rings. The summed E-state index contributed by atoms with van der Waals surface area (Å²) in [4.78, 5) is 12.5. The van der Waals surface area contributed by atoms with E-state index in [4.69, 9.17) is 11.5 Å². The molecule has 0 spiro atoms. The Morgan fingerprint density at radius 2 is 2.12 bits per heavy atom. The van der Waals surface area contributed by atoms with E-state index in [0.29, 0.717) is 6.54 Å². The van der Waals surface area contributed by atoms with E-state index in [2.05, 4.69) is 5.92 Å². The summed E-state index contributed by atoms with van der Waals surface area (Å²) in [5.74, 6) is 1.62. The number of nitrogens with zero attached hydrogens (tertiary/aromatic N) is 1. The monoisotopic (exact) mass is 217 g/mol. The van der Waals surface area contributed by atoms with Gasteiger partial charge in [0.05, 0.1) is 13.1 Å². The lowest BCUT2D eigenvalue weighted by atomic mass is 10.1. The molecule has 0 saturated carbocycles. The molecule has 0 bridgehead atoms. The van der Waals surface area contributed by atoms with E-state index in [1.807, 2.05) is 37.3 Å². The highest BCUT2D eigenvalue weighted by molar-refractivity contribution is 5.69. The fourth-order valence-electron chi connectivity index (χ4n) is 1.56. The number of hydrogen-bond donors (Lipinski definition) is 1. The van der Waals surface area contributed by atoms with E-state index in [9.17, 15) is 4.79 Å². The summed E-state index contributed by atoms with van der Waals surface area (Å²) in [7, 11) is 0. The number of carbonyl (C=O) groups is 1. The first-order valence-electron chi connectivity index (χ1n) is 5.09. The van der Waals surface area contributed by atoms with Crippen molar-refractivity contribution < 1.29 is 9.90 Å². The summed E-state index contributed by atoms with van der Waals surface area (Å²) in [5.41, 5.74) is 1.07. The van der Waals surface area contributed by atoms with Crippen LogP contribution in [-0.2, 0) is 4.79 Å². The SMILES string of the molecule is C#CCN(CC(=O)O)C(C)c1ccccc1. The normalized spacial score (nSPS) is 12.1. The van der Waals surface area contributed by atoms with E-state index >= 15 is 0 Å². The molecule has 0 fully saturated rings. The molecule has 0 radical (unpaired) electrons. The van der Waals surface area contributed by atoms with Gasteiger partial charge >= 0.3 is 5.97 Å². The molecular weight excluding hydrogens is 202 g/mol. The van der Waals surface area contributed by atoms with Crippen molar-refractivity contribution in [3.05, 3.63) is 35.9 Å². The maximum atomic E-state index is 10.7. The van der Waals surface area contributed by atoms with Crippen molar-refractivity contribution in [1.29, 1.82) is 0 Å². The molecular formula is C13H15NO2. The number of aliphatic carboxylic acids is 1. The Morgan fingerprint density at radius 1 is 1.50 bits per heavy atom. The summed E-state index contributed by atoms with van der Waals surface area (Å²) in [6.07, 6.45) is 5.24. The number of carboxylic acid groups (broad SMARTS) is 1. The van der Waals surface area contributed by atoms with E-state index in [-0.39, 0.29) is 12.6 Å². The first-order valence-corrected chi connectivity index (χ1v) is 5.09. The molecule has 84 valence electrons. The minimum Gasteiger partial charge on any atom is -0.480 e. The standard InChI is InChI=1S/C13H15NO2/c1-3-9-14(10-13(15)16)11(2)12-7-5-4-6-8-12/h1,4-8,11H,9-10H2,2H3,(H,15,16). The van der Waals surface area contributed by atoms with E-state index in [1.54, 1.807) is 4.90 Å². The highest BCUT2D eigenvalue weighted by Crippen LogP contribution is 2.18. The Morgan fingerprint density at radius 3 is 2.62 bits per heavy atom. The second-order valence-electron chi connectivity index (χ2n) is 3.59. The smallest absolute Gasteiger partial charge is 0.317 e. The van der Waals surface area contributed by atoms with Gasteiger partial charge in [-0.15, -0.1) is 6.42 Å². The molecule has 1 aromatic carbocycles. The van der Waals surface area contributed by atoms with Crippen LogP contribution in [-0.4, -0.2) is 29.1 Å². The third-order valence-corrected chi connectivity index (χ3v) is 2.46. The third-order valence-electron chi connectivity index (χ3n) is 2.46. The van der Waals surface area contributed by atoms with Crippen molar-refractivity contribution in [2.45, 2.75) is 13.0 Å². The minimum absolute atomic E-state index is 0.00773. The van der Waals surface area contributed by atoms with Gasteiger partial charge in [0.2, 0.25) is 0 Å². The van der Waals surface area contributed by atoms with Crippen LogP contribution in [0.4, 0.5) is 0 Å². The molecule has 3 nitrogen and oxygen atoms in total. The number of benzene rings is 1. The molecule has 3 heteroatoms. The van der Waals surface area contributed by atoms with Gasteiger partial charge in [-0.2, -0.15) is 0 Å². The molecule has 1 aromatic rings. The van der Waals surface area contributed by atoms with E-state index in [0.717, 1.165) is 5.56 Å². The summed E-state index contributed by atoms with van der Waals surface area (Å²) < 4.78 is 0. The Bertz CT molecular complexity index is 381. The van der Waals surface area contributed by atoms with Gasteiger partial charge in [0.25, 0.3) is 0 Å². The third kappa shape index (κ3) is 3.41. The summed E-state index contributed by atoms with van der Waals surface area (Å²) in [6, 6.07) is 9.74. The fourth-order valence-corrected chi connectivity index (χ4v) is 1.56. The number of hydrogen-bond acceptors (Lipinski definition) is 2. The largest absolute Gasteiger partial charge is 0.480 e. The molecule has 0 aliphatic carbocycles. The minimum atomic E-state index is -0.863. The second-order valence-corrected chi connectivity index (χ2v) is 3.59. The molecule has 0 aromatic heterocycles. The Balaban J connectivity index is 2.79. The zero-order valence-electron chi connectivity index (χ0n) is 9.26. The predicted molar refractivity (Wildman–Crippen MR) is 62.9 cm³/mol. The number of carboxylic acids is 1. The topological polar surface area (TPSA) is 40.5 Å². The van der Waals surface area contributed by atoms with Crippen LogP contribution >= 0.6 is 0 Å². The van der Waals surface area contributed by atoms with Crippen molar-refractivity contribution in [3.8, 4) is 12.3 Å². The van der Waals surface area contributed by atoms with Crippen molar-refractivity contribution in [3.63, 3.8) is 0 Å². The van der Waals surface area contributed by atoms with Crippen LogP contribution in [0.25, 0.3) is 0 Å². The Kier molecular flexibility index (Phi) is 4.56. The molecule has 0 saturated heterocycles. The summed E-state index contributed by atoms with van der Waals surface area (Å²) in [6.45, 7) is 2.25. The highest BCUT2D eigenvalue weighted by Gasteiger charge is 2.16. The van der Waals surface area contributed by atoms with Gasteiger partial charge in [-0.05, 0) is 12.5 Å². The molecule has 1 rings (SSSR count). The molecule has 0 amide bonds. The van der Waals surface area contributed by atoms with E-state index in [1.165, 1.54) is 0 Å². The molecule has 1 N–H and O–H groups in total. The number of terminal acetylenes is 1. The van der Waals surface area contributed by atoms with Crippen molar-refractivity contribution in [2.75, 3.05) is 13.1 Å². The van der Waals surface area contributed by atoms with Crippen LogP contribution in [0.5, 0.6) is 0 Å². The predicted octanol–water partition coefficient (Wildman–Crippen LogP) is 1.77. The zero-order valence-corrected chi connectivity index (χ0v) is 9.26. The van der Waals surface area contributed by atoms with Crippen LogP contribution < -0.4 is 0 Å². The summed E-state index contributed by atoms with van der Waals surface area (Å²) in [5, 5.41) is 8.80.